The van der Waals surface area contributed by atoms with Crippen molar-refractivity contribution in [1.82, 2.24) is 10.2 Å². The highest BCUT2D eigenvalue weighted by molar-refractivity contribution is 5.85. The molecule has 1 N–H and O–H groups in total. The number of carbonyl (C=O) groups excluding carboxylic acids is 1. The van der Waals surface area contributed by atoms with Gasteiger partial charge in [0.15, 0.2) is 11.5 Å². The number of hydrogen-bond acceptors (Lipinski definition) is 4. The third-order valence-electron chi connectivity index (χ3n) is 5.33. The van der Waals surface area contributed by atoms with Gasteiger partial charge in [0, 0.05) is 13.1 Å². The highest BCUT2D eigenvalue weighted by Gasteiger charge is 2.31. The van der Waals surface area contributed by atoms with Crippen LogP contribution in [0.25, 0.3) is 0 Å². The predicted molar refractivity (Wildman–Crippen MR) is 94.0 cm³/mol. The molecule has 1 aromatic carbocycles. The van der Waals surface area contributed by atoms with Crippen LogP contribution in [0.4, 0.5) is 0 Å². The topological polar surface area (TPSA) is 50.8 Å². The molecule has 0 radical (unpaired) electrons. The van der Waals surface area contributed by atoms with Crippen LogP contribution in [-0.4, -0.2) is 50.2 Å². The smallest absolute Gasteiger partial charge is 0.226 e. The molecule has 2 fully saturated rings. The predicted octanol–water partition coefficient (Wildman–Crippen LogP) is 1.88. The van der Waals surface area contributed by atoms with Crippen LogP contribution >= 0.6 is 12.4 Å². The van der Waals surface area contributed by atoms with Gasteiger partial charge in [0.2, 0.25) is 5.91 Å². The zero-order valence-corrected chi connectivity index (χ0v) is 14.6. The second-order valence-corrected chi connectivity index (χ2v) is 6.79. The molecular weight excluding hydrogens is 328 g/mol. The van der Waals surface area contributed by atoms with Crippen molar-refractivity contribution in [3.63, 3.8) is 0 Å². The molecule has 5 nitrogen and oxygen atoms in total. The molecule has 0 bridgehead atoms. The minimum Gasteiger partial charge on any atom is -0.486 e. The SMILES string of the molecule is Cl.O=C(Cc1ccc2c(c1)OCCO2)N1CC[C@@H]2CNC[C@@H]2CC1. The quantitative estimate of drug-likeness (QED) is 0.883. The van der Waals surface area contributed by atoms with Gasteiger partial charge >= 0.3 is 0 Å². The first-order valence-corrected chi connectivity index (χ1v) is 8.66. The van der Waals surface area contributed by atoms with Crippen LogP contribution in [0.3, 0.4) is 0 Å². The van der Waals surface area contributed by atoms with Crippen molar-refractivity contribution < 1.29 is 14.3 Å². The molecule has 0 aromatic heterocycles. The van der Waals surface area contributed by atoms with Crippen molar-refractivity contribution in [3.05, 3.63) is 23.8 Å². The van der Waals surface area contributed by atoms with Gasteiger partial charge in [-0.3, -0.25) is 4.79 Å². The van der Waals surface area contributed by atoms with Crippen molar-refractivity contribution >= 4 is 18.3 Å². The molecule has 0 aliphatic carbocycles. The number of rotatable bonds is 2. The Labute approximate surface area is 149 Å². The normalized spacial score (nSPS) is 25.4. The average molecular weight is 353 g/mol. The summed E-state index contributed by atoms with van der Waals surface area (Å²) in [7, 11) is 0. The number of carbonyl (C=O) groups is 1. The molecule has 3 heterocycles. The van der Waals surface area contributed by atoms with Gasteiger partial charge in [-0.25, -0.2) is 0 Å². The van der Waals surface area contributed by atoms with Crippen molar-refractivity contribution in [3.8, 4) is 11.5 Å². The van der Waals surface area contributed by atoms with E-state index in [0.29, 0.717) is 19.6 Å². The molecule has 1 amide bonds. The summed E-state index contributed by atoms with van der Waals surface area (Å²) in [6, 6.07) is 5.83. The first-order chi connectivity index (χ1) is 11.3. The van der Waals surface area contributed by atoms with Crippen molar-refractivity contribution in [2.45, 2.75) is 19.3 Å². The highest BCUT2D eigenvalue weighted by Crippen LogP contribution is 2.31. The number of halogens is 1. The van der Waals surface area contributed by atoms with Gasteiger partial charge in [0.1, 0.15) is 13.2 Å². The van der Waals surface area contributed by atoms with E-state index in [1.807, 2.05) is 18.2 Å². The Morgan fingerprint density at radius 3 is 2.46 bits per heavy atom. The first-order valence-electron chi connectivity index (χ1n) is 8.66. The lowest BCUT2D eigenvalue weighted by Crippen LogP contribution is -2.34. The molecule has 3 aliphatic heterocycles. The fourth-order valence-corrected chi connectivity index (χ4v) is 3.95. The molecule has 132 valence electrons. The maximum Gasteiger partial charge on any atom is 0.226 e. The molecule has 0 saturated carbocycles. The Hall–Kier alpha value is -1.46. The van der Waals surface area contributed by atoms with Gasteiger partial charge in [0.05, 0.1) is 6.42 Å². The number of hydrogen-bond donors (Lipinski definition) is 1. The second kappa shape index (κ2) is 7.62. The van der Waals surface area contributed by atoms with Crippen LogP contribution in [0.2, 0.25) is 0 Å². The monoisotopic (exact) mass is 352 g/mol. The van der Waals surface area contributed by atoms with E-state index in [0.717, 1.165) is 67.9 Å². The molecule has 6 heteroatoms. The van der Waals surface area contributed by atoms with Gasteiger partial charge in [-0.2, -0.15) is 0 Å². The largest absolute Gasteiger partial charge is 0.486 e. The van der Waals surface area contributed by atoms with Crippen molar-refractivity contribution in [2.24, 2.45) is 11.8 Å². The molecule has 2 atom stereocenters. The lowest BCUT2D eigenvalue weighted by molar-refractivity contribution is -0.130. The van der Waals surface area contributed by atoms with Crippen LogP contribution in [0.5, 0.6) is 11.5 Å². The summed E-state index contributed by atoms with van der Waals surface area (Å²) in [5, 5.41) is 3.48. The number of fused-ring (bicyclic) bond motifs is 2. The number of benzene rings is 1. The summed E-state index contributed by atoms with van der Waals surface area (Å²) in [6.07, 6.45) is 2.71. The number of ether oxygens (including phenoxy) is 2. The summed E-state index contributed by atoms with van der Waals surface area (Å²) in [4.78, 5) is 14.7. The molecule has 4 rings (SSSR count). The van der Waals surface area contributed by atoms with Crippen molar-refractivity contribution in [1.29, 1.82) is 0 Å². The van der Waals surface area contributed by atoms with E-state index in [1.165, 1.54) is 0 Å². The Bertz CT molecular complexity index is 582. The Morgan fingerprint density at radius 2 is 1.75 bits per heavy atom. The Morgan fingerprint density at radius 1 is 1.08 bits per heavy atom. The highest BCUT2D eigenvalue weighted by atomic mass is 35.5. The zero-order chi connectivity index (χ0) is 15.6. The minimum absolute atomic E-state index is 0. The summed E-state index contributed by atoms with van der Waals surface area (Å²) < 4.78 is 11.1. The van der Waals surface area contributed by atoms with Gasteiger partial charge < -0.3 is 19.7 Å². The molecular formula is C18H25ClN2O3. The minimum atomic E-state index is 0. The Kier molecular flexibility index (Phi) is 5.51. The third-order valence-corrected chi connectivity index (χ3v) is 5.33. The Balaban J connectivity index is 0.00000169. The summed E-state index contributed by atoms with van der Waals surface area (Å²) in [6.45, 7) is 5.20. The standard InChI is InChI=1S/C18H24N2O3.ClH/c21-18(20-5-3-14-11-19-12-15(14)4-6-20)10-13-1-2-16-17(9-13)23-8-7-22-16;/h1-2,9,14-15,19H,3-8,10-12H2;1H/t14-,15+;. The number of likely N-dealkylation sites (tertiary alicyclic amines) is 1. The van der Waals surface area contributed by atoms with E-state index < -0.39 is 0 Å². The van der Waals surface area contributed by atoms with E-state index >= 15 is 0 Å². The first kappa shape index (κ1) is 17.4. The lowest BCUT2D eigenvalue weighted by atomic mass is 9.92. The third kappa shape index (κ3) is 3.62. The molecule has 3 aliphatic rings. The number of nitrogens with one attached hydrogen (secondary N) is 1. The van der Waals surface area contributed by atoms with E-state index in [4.69, 9.17) is 9.47 Å². The van der Waals surface area contributed by atoms with Crippen molar-refractivity contribution in [2.75, 3.05) is 39.4 Å². The van der Waals surface area contributed by atoms with Crippen LogP contribution in [-0.2, 0) is 11.2 Å². The van der Waals surface area contributed by atoms with Crippen LogP contribution < -0.4 is 14.8 Å². The average Bonchev–Trinajstić information content (AvgIpc) is 2.93. The van der Waals surface area contributed by atoms with Gasteiger partial charge in [-0.15, -0.1) is 12.4 Å². The van der Waals surface area contributed by atoms with Gasteiger partial charge in [-0.1, -0.05) is 6.07 Å². The molecule has 1 aromatic rings. The molecule has 24 heavy (non-hydrogen) atoms. The molecule has 0 spiro atoms. The van der Waals surface area contributed by atoms with E-state index in [1.54, 1.807) is 0 Å². The van der Waals surface area contributed by atoms with Crippen LogP contribution in [0.1, 0.15) is 18.4 Å². The fourth-order valence-electron chi connectivity index (χ4n) is 3.95. The van der Waals surface area contributed by atoms with E-state index in [-0.39, 0.29) is 18.3 Å². The fraction of sp³-hybridized carbons (Fsp3) is 0.611. The van der Waals surface area contributed by atoms with Crippen LogP contribution in [0, 0.1) is 11.8 Å². The summed E-state index contributed by atoms with van der Waals surface area (Å²) >= 11 is 0. The number of nitrogens with zero attached hydrogens (tertiary/aromatic N) is 1. The summed E-state index contributed by atoms with van der Waals surface area (Å²) in [5.74, 6) is 3.28. The molecule has 2 saturated heterocycles. The van der Waals surface area contributed by atoms with E-state index in [9.17, 15) is 4.79 Å². The summed E-state index contributed by atoms with van der Waals surface area (Å²) in [5.41, 5.74) is 1.00. The van der Waals surface area contributed by atoms with E-state index in [2.05, 4.69) is 10.2 Å². The van der Waals surface area contributed by atoms with Crippen LogP contribution in [0.15, 0.2) is 18.2 Å². The van der Waals surface area contributed by atoms with Gasteiger partial charge in [0.25, 0.3) is 0 Å². The number of amides is 1. The lowest BCUT2D eigenvalue weighted by Gasteiger charge is -2.22. The molecule has 0 unspecified atom stereocenters. The maximum atomic E-state index is 12.6. The second-order valence-electron chi connectivity index (χ2n) is 6.79. The maximum absolute atomic E-state index is 12.6. The van der Waals surface area contributed by atoms with Gasteiger partial charge in [-0.05, 0) is 55.5 Å². The zero-order valence-electron chi connectivity index (χ0n) is 13.8.